The standard InChI is InChI=1S/C10H11F3N2O3S/c1-6-3-4-7(15-9(16)10(11,12)13)5-8(6)19(17,18)14-2/h3-5,14H,1-2H3,(H,15,16). The number of alkyl halides is 3. The van der Waals surface area contributed by atoms with Crippen LogP contribution in [0.1, 0.15) is 5.56 Å². The van der Waals surface area contributed by atoms with Crippen LogP contribution >= 0.6 is 0 Å². The molecule has 19 heavy (non-hydrogen) atoms. The Bertz CT molecular complexity index is 597. The molecule has 0 aliphatic rings. The zero-order valence-electron chi connectivity index (χ0n) is 10.00. The Morgan fingerprint density at radius 3 is 2.32 bits per heavy atom. The fraction of sp³-hybridized carbons (Fsp3) is 0.300. The average Bonchev–Trinajstić information content (AvgIpc) is 2.30. The monoisotopic (exact) mass is 296 g/mol. The number of hydrogen-bond acceptors (Lipinski definition) is 3. The van der Waals surface area contributed by atoms with Gasteiger partial charge in [-0.15, -0.1) is 0 Å². The summed E-state index contributed by atoms with van der Waals surface area (Å²) in [4.78, 5) is 10.5. The van der Waals surface area contributed by atoms with Crippen LogP contribution in [0, 0.1) is 6.92 Å². The number of sulfonamides is 1. The number of hydrogen-bond donors (Lipinski definition) is 2. The number of carbonyl (C=O) groups is 1. The predicted octanol–water partition coefficient (Wildman–Crippen LogP) is 1.40. The van der Waals surface area contributed by atoms with Gasteiger partial charge in [0.1, 0.15) is 0 Å². The van der Waals surface area contributed by atoms with Crippen molar-refractivity contribution >= 4 is 21.6 Å². The van der Waals surface area contributed by atoms with Crippen LogP contribution in [0.15, 0.2) is 23.1 Å². The van der Waals surface area contributed by atoms with E-state index in [0.29, 0.717) is 5.56 Å². The second kappa shape index (κ2) is 5.17. The van der Waals surface area contributed by atoms with Gasteiger partial charge in [0.05, 0.1) is 4.90 Å². The van der Waals surface area contributed by atoms with Crippen LogP contribution in [-0.4, -0.2) is 27.5 Å². The van der Waals surface area contributed by atoms with Gasteiger partial charge in [-0.3, -0.25) is 4.79 Å². The van der Waals surface area contributed by atoms with Crippen molar-refractivity contribution in [2.75, 3.05) is 12.4 Å². The summed E-state index contributed by atoms with van der Waals surface area (Å²) in [5.41, 5.74) is 0.0982. The number of amides is 1. The molecule has 0 saturated heterocycles. The van der Waals surface area contributed by atoms with E-state index < -0.39 is 22.1 Å². The van der Waals surface area contributed by atoms with Gasteiger partial charge in [-0.25, -0.2) is 13.1 Å². The molecular formula is C10H11F3N2O3S. The lowest BCUT2D eigenvalue weighted by Crippen LogP contribution is -2.30. The maximum absolute atomic E-state index is 12.1. The third-order valence-electron chi connectivity index (χ3n) is 2.26. The van der Waals surface area contributed by atoms with Crippen molar-refractivity contribution in [1.82, 2.24) is 4.72 Å². The van der Waals surface area contributed by atoms with Gasteiger partial charge in [0.2, 0.25) is 10.0 Å². The van der Waals surface area contributed by atoms with Crippen LogP contribution < -0.4 is 10.0 Å². The van der Waals surface area contributed by atoms with Crippen molar-refractivity contribution in [1.29, 1.82) is 0 Å². The Morgan fingerprint density at radius 2 is 1.84 bits per heavy atom. The second-order valence-corrected chi connectivity index (χ2v) is 5.49. The van der Waals surface area contributed by atoms with E-state index in [1.54, 1.807) is 5.32 Å². The van der Waals surface area contributed by atoms with Gasteiger partial charge in [0, 0.05) is 5.69 Å². The quantitative estimate of drug-likeness (QED) is 0.885. The Morgan fingerprint density at radius 1 is 1.26 bits per heavy atom. The molecule has 0 saturated carbocycles. The second-order valence-electron chi connectivity index (χ2n) is 3.64. The molecule has 1 rings (SSSR count). The number of nitrogens with one attached hydrogen (secondary N) is 2. The Labute approximate surface area is 107 Å². The highest BCUT2D eigenvalue weighted by Gasteiger charge is 2.38. The van der Waals surface area contributed by atoms with Gasteiger partial charge in [-0.1, -0.05) is 6.07 Å². The number of anilines is 1. The number of benzene rings is 1. The van der Waals surface area contributed by atoms with E-state index in [1.165, 1.54) is 26.1 Å². The minimum atomic E-state index is -5.03. The normalized spacial score (nSPS) is 12.3. The van der Waals surface area contributed by atoms with E-state index >= 15 is 0 Å². The lowest BCUT2D eigenvalue weighted by molar-refractivity contribution is -0.167. The highest BCUT2D eigenvalue weighted by atomic mass is 32.2. The summed E-state index contributed by atoms with van der Waals surface area (Å²) in [6, 6.07) is 3.45. The van der Waals surface area contributed by atoms with E-state index in [4.69, 9.17) is 0 Å². The van der Waals surface area contributed by atoms with Crippen LogP contribution in [0.5, 0.6) is 0 Å². The first-order chi connectivity index (χ1) is 8.58. The molecule has 0 aromatic heterocycles. The summed E-state index contributed by atoms with van der Waals surface area (Å²) in [6.45, 7) is 1.49. The highest BCUT2D eigenvalue weighted by molar-refractivity contribution is 7.89. The van der Waals surface area contributed by atoms with Crippen LogP contribution in [0.4, 0.5) is 18.9 Å². The third-order valence-corrected chi connectivity index (χ3v) is 3.82. The van der Waals surface area contributed by atoms with Crippen LogP contribution in [0.2, 0.25) is 0 Å². The summed E-state index contributed by atoms with van der Waals surface area (Å²) in [5, 5.41) is 1.59. The molecule has 1 aromatic rings. The molecule has 0 unspecified atom stereocenters. The number of aryl methyl sites for hydroxylation is 1. The van der Waals surface area contributed by atoms with Gasteiger partial charge < -0.3 is 5.32 Å². The topological polar surface area (TPSA) is 75.3 Å². The summed E-state index contributed by atoms with van der Waals surface area (Å²) in [5.74, 6) is -2.16. The first-order valence-corrected chi connectivity index (χ1v) is 6.48. The zero-order valence-corrected chi connectivity index (χ0v) is 10.8. The molecule has 5 nitrogen and oxygen atoms in total. The first-order valence-electron chi connectivity index (χ1n) is 5.00. The smallest absolute Gasteiger partial charge is 0.318 e. The lowest BCUT2D eigenvalue weighted by atomic mass is 10.2. The Kier molecular flexibility index (Phi) is 4.21. The summed E-state index contributed by atoms with van der Waals surface area (Å²) < 4.78 is 61.5. The predicted molar refractivity (Wildman–Crippen MR) is 62.1 cm³/mol. The molecule has 0 fully saturated rings. The van der Waals surface area contributed by atoms with E-state index in [0.717, 1.165) is 6.07 Å². The highest BCUT2D eigenvalue weighted by Crippen LogP contribution is 2.22. The van der Waals surface area contributed by atoms with Gasteiger partial charge in [-0.2, -0.15) is 13.2 Å². The van der Waals surface area contributed by atoms with Crippen molar-refractivity contribution in [3.63, 3.8) is 0 Å². The average molecular weight is 296 g/mol. The molecule has 0 spiro atoms. The molecule has 0 aliphatic heterocycles. The maximum Gasteiger partial charge on any atom is 0.471 e. The third kappa shape index (κ3) is 3.67. The van der Waals surface area contributed by atoms with Gasteiger partial charge in [0.15, 0.2) is 0 Å². The fourth-order valence-electron chi connectivity index (χ4n) is 1.28. The molecule has 9 heteroatoms. The van der Waals surface area contributed by atoms with Crippen molar-refractivity contribution in [3.05, 3.63) is 23.8 Å². The number of rotatable bonds is 3. The van der Waals surface area contributed by atoms with Gasteiger partial charge in [0.25, 0.3) is 0 Å². The van der Waals surface area contributed by atoms with E-state index in [1.807, 2.05) is 4.72 Å². The maximum atomic E-state index is 12.1. The lowest BCUT2D eigenvalue weighted by Gasteiger charge is -2.11. The SMILES string of the molecule is CNS(=O)(=O)c1cc(NC(=O)C(F)(F)F)ccc1C. The number of halogens is 3. The van der Waals surface area contributed by atoms with Crippen molar-refractivity contribution in [2.45, 2.75) is 18.0 Å². The van der Waals surface area contributed by atoms with E-state index in [-0.39, 0.29) is 10.6 Å². The molecule has 0 bridgehead atoms. The minimum absolute atomic E-state index is 0.199. The molecular weight excluding hydrogens is 285 g/mol. The molecule has 0 atom stereocenters. The van der Waals surface area contributed by atoms with Crippen molar-refractivity contribution in [3.8, 4) is 0 Å². The van der Waals surface area contributed by atoms with Gasteiger partial charge in [-0.05, 0) is 31.7 Å². The largest absolute Gasteiger partial charge is 0.471 e. The van der Waals surface area contributed by atoms with Crippen LogP contribution in [-0.2, 0) is 14.8 Å². The van der Waals surface area contributed by atoms with Crippen LogP contribution in [0.3, 0.4) is 0 Å². The summed E-state index contributed by atoms with van der Waals surface area (Å²) >= 11 is 0. The Balaban J connectivity index is 3.15. The fourth-order valence-corrected chi connectivity index (χ4v) is 2.27. The molecule has 1 amide bonds. The van der Waals surface area contributed by atoms with E-state index in [9.17, 15) is 26.4 Å². The zero-order chi connectivity index (χ0) is 14.8. The molecule has 0 heterocycles. The van der Waals surface area contributed by atoms with E-state index in [2.05, 4.69) is 0 Å². The molecule has 0 radical (unpaired) electrons. The summed E-state index contributed by atoms with van der Waals surface area (Å²) in [6.07, 6.45) is -5.03. The number of carbonyl (C=O) groups excluding carboxylic acids is 1. The minimum Gasteiger partial charge on any atom is -0.318 e. The first kappa shape index (κ1) is 15.4. The molecule has 106 valence electrons. The van der Waals surface area contributed by atoms with Crippen molar-refractivity contribution in [2.24, 2.45) is 0 Å². The summed E-state index contributed by atoms with van der Waals surface area (Å²) in [7, 11) is -2.63. The molecule has 0 aliphatic carbocycles. The molecule has 2 N–H and O–H groups in total. The molecule has 1 aromatic carbocycles. The van der Waals surface area contributed by atoms with Crippen LogP contribution in [0.25, 0.3) is 0 Å². The van der Waals surface area contributed by atoms with Crippen molar-refractivity contribution < 1.29 is 26.4 Å². The van der Waals surface area contributed by atoms with Gasteiger partial charge >= 0.3 is 12.1 Å². The Hall–Kier alpha value is -1.61.